The molecule has 0 aliphatic carbocycles. The van der Waals surface area contributed by atoms with E-state index in [1.165, 1.54) is 24.3 Å². The van der Waals surface area contributed by atoms with Crippen molar-refractivity contribution in [3.05, 3.63) is 81.8 Å². The molecule has 0 aromatic heterocycles. The van der Waals surface area contributed by atoms with Crippen molar-refractivity contribution in [3.63, 3.8) is 0 Å². The number of halogens is 3. The number of benzene rings is 3. The summed E-state index contributed by atoms with van der Waals surface area (Å²) < 4.78 is 27.8. The molecule has 150 valence electrons. The van der Waals surface area contributed by atoms with Crippen molar-refractivity contribution in [2.75, 3.05) is 15.4 Å². The highest BCUT2D eigenvalue weighted by molar-refractivity contribution is 7.92. The fourth-order valence-corrected chi connectivity index (χ4v) is 4.05. The number of para-hydroxylation sites is 2. The van der Waals surface area contributed by atoms with Crippen LogP contribution in [0.1, 0.15) is 0 Å². The molecule has 6 nitrogen and oxygen atoms in total. The van der Waals surface area contributed by atoms with E-state index in [2.05, 4.69) is 15.4 Å². The largest absolute Gasteiger partial charge is 0.323 e. The van der Waals surface area contributed by atoms with Gasteiger partial charge in [-0.1, -0.05) is 59.1 Å². The summed E-state index contributed by atoms with van der Waals surface area (Å²) in [5.74, 6) is 0. The van der Waals surface area contributed by atoms with E-state index in [1.807, 2.05) is 0 Å². The van der Waals surface area contributed by atoms with Gasteiger partial charge in [-0.2, -0.15) is 0 Å². The molecule has 0 atom stereocenters. The predicted octanol–water partition coefficient (Wildman–Crippen LogP) is 6.09. The molecule has 0 radical (unpaired) electrons. The van der Waals surface area contributed by atoms with Gasteiger partial charge in [-0.25, -0.2) is 13.2 Å². The van der Waals surface area contributed by atoms with Gasteiger partial charge in [0.05, 0.1) is 37.0 Å². The lowest BCUT2D eigenvalue weighted by atomic mass is 10.3. The van der Waals surface area contributed by atoms with Crippen LogP contribution in [0.25, 0.3) is 0 Å². The third kappa shape index (κ3) is 5.33. The number of carbonyl (C=O) groups is 1. The zero-order valence-electron chi connectivity index (χ0n) is 14.6. The Balaban J connectivity index is 1.81. The van der Waals surface area contributed by atoms with E-state index in [0.29, 0.717) is 10.7 Å². The molecule has 0 heterocycles. The van der Waals surface area contributed by atoms with Crippen LogP contribution in [0, 0.1) is 0 Å². The molecule has 2 amide bonds. The quantitative estimate of drug-likeness (QED) is 0.421. The molecular weight excluding hydrogens is 457 g/mol. The van der Waals surface area contributed by atoms with E-state index in [-0.39, 0.29) is 26.3 Å². The van der Waals surface area contributed by atoms with Crippen LogP contribution in [0.5, 0.6) is 0 Å². The molecule has 0 fully saturated rings. The molecule has 3 aromatic carbocycles. The molecule has 0 aliphatic heterocycles. The number of hydrogen-bond acceptors (Lipinski definition) is 3. The summed E-state index contributed by atoms with van der Waals surface area (Å²) >= 11 is 18.1. The Bertz CT molecular complexity index is 1170. The Morgan fingerprint density at radius 3 is 1.83 bits per heavy atom. The lowest BCUT2D eigenvalue weighted by Crippen LogP contribution is -2.20. The number of sulfonamides is 1. The maximum atomic E-state index is 12.7. The second kappa shape index (κ2) is 8.92. The molecule has 3 aromatic rings. The summed E-state index contributed by atoms with van der Waals surface area (Å²) in [5.41, 5.74) is 0.736. The van der Waals surface area contributed by atoms with E-state index in [9.17, 15) is 13.2 Å². The number of nitrogens with one attached hydrogen (secondary N) is 3. The molecule has 3 rings (SSSR count). The van der Waals surface area contributed by atoms with Crippen molar-refractivity contribution < 1.29 is 13.2 Å². The topological polar surface area (TPSA) is 87.3 Å². The highest BCUT2D eigenvalue weighted by Gasteiger charge is 2.18. The molecule has 0 spiro atoms. The van der Waals surface area contributed by atoms with E-state index in [1.54, 1.807) is 42.5 Å². The molecule has 0 bridgehead atoms. The van der Waals surface area contributed by atoms with Gasteiger partial charge in [-0.3, -0.25) is 4.72 Å². The fraction of sp³-hybridized carbons (Fsp3) is 0. The molecule has 0 unspecified atom stereocenters. The number of amides is 2. The number of carbonyl (C=O) groups excluding carboxylic acids is 1. The molecule has 0 aliphatic rings. The van der Waals surface area contributed by atoms with Crippen LogP contribution in [0.4, 0.5) is 21.9 Å². The van der Waals surface area contributed by atoms with Crippen molar-refractivity contribution in [1.29, 1.82) is 0 Å². The summed E-state index contributed by atoms with van der Waals surface area (Å²) in [6, 6.07) is 16.4. The van der Waals surface area contributed by atoms with Gasteiger partial charge in [0.2, 0.25) is 0 Å². The van der Waals surface area contributed by atoms with Crippen molar-refractivity contribution in [3.8, 4) is 0 Å². The second-order valence-corrected chi connectivity index (χ2v) is 8.69. The van der Waals surface area contributed by atoms with Gasteiger partial charge in [0.25, 0.3) is 10.0 Å². The number of hydrogen-bond donors (Lipinski definition) is 3. The molecule has 29 heavy (non-hydrogen) atoms. The molecule has 0 saturated carbocycles. The van der Waals surface area contributed by atoms with Gasteiger partial charge in [-0.05, 0) is 42.5 Å². The van der Waals surface area contributed by atoms with Crippen LogP contribution in [0.2, 0.25) is 15.1 Å². The lowest BCUT2D eigenvalue weighted by molar-refractivity contribution is 0.262. The average Bonchev–Trinajstić information content (AvgIpc) is 2.67. The summed E-state index contributed by atoms with van der Waals surface area (Å²) in [5, 5.41) is 5.85. The van der Waals surface area contributed by atoms with Gasteiger partial charge in [0.1, 0.15) is 0 Å². The molecular formula is C19H14Cl3N3O3S. The number of rotatable bonds is 5. The van der Waals surface area contributed by atoms with Crippen LogP contribution in [-0.4, -0.2) is 14.4 Å². The summed E-state index contributed by atoms with van der Waals surface area (Å²) in [6.45, 7) is 0. The Morgan fingerprint density at radius 2 is 1.21 bits per heavy atom. The standard InChI is InChI=1S/C19H14Cl3N3O3S/c20-13-5-1-3-7-16(13)23-19(26)24-18-11-12(9-10-15(18)22)29(27,28)25-17-8-4-2-6-14(17)21/h1-11,25H,(H2,23,24,26). The number of urea groups is 1. The maximum Gasteiger partial charge on any atom is 0.323 e. The van der Waals surface area contributed by atoms with E-state index < -0.39 is 16.1 Å². The van der Waals surface area contributed by atoms with Crippen molar-refractivity contribution in [1.82, 2.24) is 0 Å². The zero-order chi connectivity index (χ0) is 21.0. The predicted molar refractivity (Wildman–Crippen MR) is 118 cm³/mol. The Kier molecular flexibility index (Phi) is 6.54. The first-order valence-corrected chi connectivity index (χ1v) is 10.8. The molecule has 0 saturated heterocycles. The van der Waals surface area contributed by atoms with Crippen LogP contribution in [0.3, 0.4) is 0 Å². The van der Waals surface area contributed by atoms with E-state index >= 15 is 0 Å². The van der Waals surface area contributed by atoms with Gasteiger partial charge >= 0.3 is 6.03 Å². The van der Waals surface area contributed by atoms with Gasteiger partial charge in [0, 0.05) is 0 Å². The minimum Gasteiger partial charge on any atom is -0.306 e. The summed E-state index contributed by atoms with van der Waals surface area (Å²) in [6.07, 6.45) is 0. The van der Waals surface area contributed by atoms with Crippen molar-refractivity contribution in [2.45, 2.75) is 4.90 Å². The third-order valence-electron chi connectivity index (χ3n) is 3.74. The monoisotopic (exact) mass is 469 g/mol. The average molecular weight is 471 g/mol. The second-order valence-electron chi connectivity index (χ2n) is 5.79. The Morgan fingerprint density at radius 1 is 0.690 bits per heavy atom. The minimum atomic E-state index is -3.96. The fourth-order valence-electron chi connectivity index (χ4n) is 2.35. The normalized spacial score (nSPS) is 11.0. The van der Waals surface area contributed by atoms with Crippen LogP contribution >= 0.6 is 34.8 Å². The van der Waals surface area contributed by atoms with Crippen LogP contribution in [0.15, 0.2) is 71.6 Å². The first-order valence-electron chi connectivity index (χ1n) is 8.16. The van der Waals surface area contributed by atoms with Gasteiger partial charge in [0.15, 0.2) is 0 Å². The Hall–Kier alpha value is -2.45. The lowest BCUT2D eigenvalue weighted by Gasteiger charge is -2.13. The minimum absolute atomic E-state index is 0.102. The Labute approximate surface area is 182 Å². The number of anilines is 3. The zero-order valence-corrected chi connectivity index (χ0v) is 17.7. The van der Waals surface area contributed by atoms with Gasteiger partial charge in [-0.15, -0.1) is 0 Å². The highest BCUT2D eigenvalue weighted by Crippen LogP contribution is 2.29. The summed E-state index contributed by atoms with van der Waals surface area (Å²) in [4.78, 5) is 12.2. The molecule has 3 N–H and O–H groups in total. The first kappa shape index (κ1) is 21.3. The van der Waals surface area contributed by atoms with Crippen molar-refractivity contribution >= 4 is 67.9 Å². The van der Waals surface area contributed by atoms with Crippen molar-refractivity contribution in [2.24, 2.45) is 0 Å². The van der Waals surface area contributed by atoms with E-state index in [0.717, 1.165) is 0 Å². The third-order valence-corrected chi connectivity index (χ3v) is 6.09. The van der Waals surface area contributed by atoms with Gasteiger partial charge < -0.3 is 10.6 Å². The van der Waals surface area contributed by atoms with E-state index in [4.69, 9.17) is 34.8 Å². The first-order chi connectivity index (χ1) is 13.8. The molecule has 10 heteroatoms. The van der Waals surface area contributed by atoms with Crippen LogP contribution < -0.4 is 15.4 Å². The maximum absolute atomic E-state index is 12.7. The smallest absolute Gasteiger partial charge is 0.306 e. The summed E-state index contributed by atoms with van der Waals surface area (Å²) in [7, 11) is -3.96. The van der Waals surface area contributed by atoms with Crippen LogP contribution in [-0.2, 0) is 10.0 Å². The SMILES string of the molecule is O=C(Nc1ccccc1Cl)Nc1cc(S(=O)(=O)Nc2ccccc2Cl)ccc1Cl. The highest BCUT2D eigenvalue weighted by atomic mass is 35.5.